The van der Waals surface area contributed by atoms with Gasteiger partial charge >= 0.3 is 0 Å². The van der Waals surface area contributed by atoms with Crippen LogP contribution < -0.4 is 4.90 Å². The summed E-state index contributed by atoms with van der Waals surface area (Å²) >= 11 is 7.75. The van der Waals surface area contributed by atoms with Gasteiger partial charge in [0, 0.05) is 36.9 Å². The first-order valence-electron chi connectivity index (χ1n) is 8.51. The summed E-state index contributed by atoms with van der Waals surface area (Å²) in [5.41, 5.74) is 3.79. The molecule has 0 atom stereocenters. The molecule has 3 heterocycles. The Bertz CT molecular complexity index is 914. The molecule has 0 bridgehead atoms. The summed E-state index contributed by atoms with van der Waals surface area (Å²) in [6.45, 7) is 5.03. The minimum atomic E-state index is 0.0321. The lowest BCUT2D eigenvalue weighted by atomic mass is 10.1. The molecule has 3 aromatic rings. The van der Waals surface area contributed by atoms with E-state index in [0.717, 1.165) is 34.4 Å². The molecule has 0 saturated carbocycles. The minimum Gasteiger partial charge on any atom is -0.368 e. The quantitative estimate of drug-likeness (QED) is 0.738. The van der Waals surface area contributed by atoms with Gasteiger partial charge in [-0.25, -0.2) is 0 Å². The molecule has 1 aromatic carbocycles. The number of piperazine rings is 1. The van der Waals surface area contributed by atoms with Crippen LogP contribution in [0.25, 0.3) is 10.6 Å². The molecule has 1 aliphatic heterocycles. The molecule has 5 nitrogen and oxygen atoms in total. The van der Waals surface area contributed by atoms with Gasteiger partial charge in [0.25, 0.3) is 5.91 Å². The lowest BCUT2D eigenvalue weighted by molar-refractivity contribution is 0.0747. The Kier molecular flexibility index (Phi) is 4.70. The third-order valence-corrected chi connectivity index (χ3v) is 5.84. The van der Waals surface area contributed by atoms with Crippen molar-refractivity contribution in [2.24, 2.45) is 0 Å². The fraction of sp³-hybridized carbons (Fsp3) is 0.263. The summed E-state index contributed by atoms with van der Waals surface area (Å²) in [5, 5.41) is 9.79. The first-order valence-corrected chi connectivity index (χ1v) is 9.77. The predicted molar refractivity (Wildman–Crippen MR) is 106 cm³/mol. The second-order valence-electron chi connectivity index (χ2n) is 6.35. The number of carbonyl (C=O) groups excluding carboxylic acids is 1. The summed E-state index contributed by atoms with van der Waals surface area (Å²) in [5.74, 6) is 0.0321. The third kappa shape index (κ3) is 3.22. The highest BCUT2D eigenvalue weighted by molar-refractivity contribution is 7.13. The van der Waals surface area contributed by atoms with Crippen LogP contribution in [-0.2, 0) is 0 Å². The average molecular weight is 387 g/mol. The number of carbonyl (C=O) groups is 1. The standard InChI is InChI=1S/C19H19ClN4OS/c1-13-4-5-14(20)11-16(13)23-6-8-24(9-7-23)19(25)15-12-21-22-18(15)17-3-2-10-26-17/h2-5,10-12H,6-9H2,1H3,(H,21,22). The fourth-order valence-corrected chi connectivity index (χ4v) is 4.20. The Morgan fingerprint density at radius 2 is 2.04 bits per heavy atom. The zero-order valence-electron chi connectivity index (χ0n) is 14.4. The van der Waals surface area contributed by atoms with Gasteiger partial charge in [-0.3, -0.25) is 9.89 Å². The number of H-pyrrole nitrogens is 1. The SMILES string of the molecule is Cc1ccc(Cl)cc1N1CCN(C(=O)c2cn[nH]c2-c2cccs2)CC1. The fourth-order valence-electron chi connectivity index (χ4n) is 3.30. The normalized spacial score (nSPS) is 14.7. The molecule has 4 rings (SSSR count). The van der Waals surface area contributed by atoms with Crippen LogP contribution in [0.1, 0.15) is 15.9 Å². The Balaban J connectivity index is 1.48. The zero-order valence-corrected chi connectivity index (χ0v) is 16.0. The first-order chi connectivity index (χ1) is 12.6. The highest BCUT2D eigenvalue weighted by Crippen LogP contribution is 2.28. The molecule has 1 fully saturated rings. The van der Waals surface area contributed by atoms with Gasteiger partial charge in [-0.05, 0) is 36.1 Å². The van der Waals surface area contributed by atoms with Gasteiger partial charge in [0.1, 0.15) is 0 Å². The van der Waals surface area contributed by atoms with Crippen LogP contribution >= 0.6 is 22.9 Å². The van der Waals surface area contributed by atoms with E-state index in [4.69, 9.17) is 11.6 Å². The van der Waals surface area contributed by atoms with Gasteiger partial charge in [-0.1, -0.05) is 23.7 Å². The van der Waals surface area contributed by atoms with Crippen molar-refractivity contribution in [2.45, 2.75) is 6.92 Å². The molecule has 1 N–H and O–H groups in total. The number of rotatable bonds is 3. The van der Waals surface area contributed by atoms with Gasteiger partial charge in [-0.2, -0.15) is 5.10 Å². The van der Waals surface area contributed by atoms with Gasteiger partial charge in [0.15, 0.2) is 0 Å². The van der Waals surface area contributed by atoms with E-state index in [1.165, 1.54) is 5.56 Å². The first kappa shape index (κ1) is 17.1. The molecule has 1 aliphatic rings. The number of aromatic nitrogens is 2. The summed E-state index contributed by atoms with van der Waals surface area (Å²) < 4.78 is 0. The molecule has 26 heavy (non-hydrogen) atoms. The van der Waals surface area contributed by atoms with Crippen molar-refractivity contribution < 1.29 is 4.79 Å². The molecule has 0 unspecified atom stereocenters. The number of benzene rings is 1. The van der Waals surface area contributed by atoms with E-state index >= 15 is 0 Å². The summed E-state index contributed by atoms with van der Waals surface area (Å²) in [7, 11) is 0. The number of hydrogen-bond acceptors (Lipinski definition) is 4. The van der Waals surface area contributed by atoms with Crippen LogP contribution in [0, 0.1) is 6.92 Å². The Morgan fingerprint density at radius 3 is 2.77 bits per heavy atom. The Morgan fingerprint density at radius 1 is 1.23 bits per heavy atom. The molecule has 0 spiro atoms. The molecular weight excluding hydrogens is 368 g/mol. The maximum atomic E-state index is 13.0. The van der Waals surface area contributed by atoms with Gasteiger partial charge in [0.2, 0.25) is 0 Å². The molecule has 134 valence electrons. The number of anilines is 1. The Labute approximate surface area is 161 Å². The van der Waals surface area contributed by atoms with E-state index in [2.05, 4.69) is 22.0 Å². The van der Waals surface area contributed by atoms with E-state index < -0.39 is 0 Å². The molecule has 0 aliphatic carbocycles. The topological polar surface area (TPSA) is 52.2 Å². The minimum absolute atomic E-state index is 0.0321. The van der Waals surface area contributed by atoms with E-state index in [1.54, 1.807) is 17.5 Å². The molecular formula is C19H19ClN4OS. The van der Waals surface area contributed by atoms with Gasteiger partial charge in [-0.15, -0.1) is 11.3 Å². The highest BCUT2D eigenvalue weighted by atomic mass is 35.5. The van der Waals surface area contributed by atoms with Crippen LogP contribution in [0.5, 0.6) is 0 Å². The predicted octanol–water partition coefficient (Wildman–Crippen LogP) is 4.06. The van der Waals surface area contributed by atoms with E-state index in [0.29, 0.717) is 18.7 Å². The van der Waals surface area contributed by atoms with Crippen molar-refractivity contribution in [3.8, 4) is 10.6 Å². The summed E-state index contributed by atoms with van der Waals surface area (Å²) in [6, 6.07) is 9.91. The van der Waals surface area contributed by atoms with Gasteiger partial charge in [0.05, 0.1) is 22.3 Å². The van der Waals surface area contributed by atoms with Crippen LogP contribution in [0.3, 0.4) is 0 Å². The maximum absolute atomic E-state index is 13.0. The molecule has 2 aromatic heterocycles. The monoisotopic (exact) mass is 386 g/mol. The number of nitrogens with one attached hydrogen (secondary N) is 1. The lowest BCUT2D eigenvalue weighted by Crippen LogP contribution is -2.49. The molecule has 1 amide bonds. The molecule has 0 radical (unpaired) electrons. The number of hydrogen-bond donors (Lipinski definition) is 1. The second-order valence-corrected chi connectivity index (χ2v) is 7.73. The van der Waals surface area contributed by atoms with Crippen molar-refractivity contribution in [1.29, 1.82) is 0 Å². The molecule has 7 heteroatoms. The van der Waals surface area contributed by atoms with Crippen molar-refractivity contribution in [3.63, 3.8) is 0 Å². The smallest absolute Gasteiger partial charge is 0.257 e. The number of amides is 1. The largest absolute Gasteiger partial charge is 0.368 e. The number of halogens is 1. The van der Waals surface area contributed by atoms with Crippen LogP contribution in [0.2, 0.25) is 5.02 Å². The van der Waals surface area contributed by atoms with E-state index in [9.17, 15) is 4.79 Å². The van der Waals surface area contributed by atoms with Crippen molar-refractivity contribution in [2.75, 3.05) is 31.1 Å². The Hall–Kier alpha value is -2.31. The average Bonchev–Trinajstić information content (AvgIpc) is 3.34. The van der Waals surface area contributed by atoms with Crippen LogP contribution in [0.15, 0.2) is 41.9 Å². The van der Waals surface area contributed by atoms with Crippen molar-refractivity contribution in [1.82, 2.24) is 15.1 Å². The summed E-state index contributed by atoms with van der Waals surface area (Å²) in [6.07, 6.45) is 1.63. The van der Waals surface area contributed by atoms with E-state index in [1.807, 2.05) is 40.6 Å². The van der Waals surface area contributed by atoms with E-state index in [-0.39, 0.29) is 5.91 Å². The maximum Gasteiger partial charge on any atom is 0.257 e. The summed E-state index contributed by atoms with van der Waals surface area (Å²) in [4.78, 5) is 18.2. The zero-order chi connectivity index (χ0) is 18.1. The van der Waals surface area contributed by atoms with Crippen LogP contribution in [0.4, 0.5) is 5.69 Å². The highest BCUT2D eigenvalue weighted by Gasteiger charge is 2.26. The van der Waals surface area contributed by atoms with Gasteiger partial charge < -0.3 is 9.80 Å². The number of aryl methyl sites for hydroxylation is 1. The van der Waals surface area contributed by atoms with Crippen molar-refractivity contribution in [3.05, 3.63) is 58.1 Å². The third-order valence-electron chi connectivity index (χ3n) is 4.72. The van der Waals surface area contributed by atoms with Crippen molar-refractivity contribution >= 4 is 34.5 Å². The lowest BCUT2D eigenvalue weighted by Gasteiger charge is -2.36. The number of aromatic amines is 1. The number of nitrogens with zero attached hydrogens (tertiary/aromatic N) is 3. The number of thiophene rings is 1. The molecule has 1 saturated heterocycles. The second kappa shape index (κ2) is 7.13. The van der Waals surface area contributed by atoms with Crippen LogP contribution in [-0.4, -0.2) is 47.2 Å².